The van der Waals surface area contributed by atoms with Crippen molar-refractivity contribution in [1.82, 2.24) is 0 Å². The first-order valence-corrected chi connectivity index (χ1v) is 7.00. The Labute approximate surface area is 127 Å². The molecule has 0 aliphatic rings. The maximum Gasteiger partial charge on any atom is 0.123 e. The monoisotopic (exact) mass is 294 g/mol. The minimum Gasteiger partial charge on any atom is -0.496 e. The van der Waals surface area contributed by atoms with Gasteiger partial charge in [-0.15, -0.1) is 6.58 Å². The largest absolute Gasteiger partial charge is 0.496 e. The number of aliphatic hydroxyl groups excluding tert-OH is 1. The Hall–Kier alpha value is -1.52. The van der Waals surface area contributed by atoms with Crippen LogP contribution < -0.4 is 9.47 Å². The van der Waals surface area contributed by atoms with Gasteiger partial charge in [-0.25, -0.2) is 0 Å². The number of aliphatic hydroxyl groups is 2. The van der Waals surface area contributed by atoms with Crippen LogP contribution in [0.1, 0.15) is 37.3 Å². The molecule has 118 valence electrons. The molecule has 0 radical (unpaired) electrons. The highest BCUT2D eigenvalue weighted by Gasteiger charge is 2.28. The number of rotatable bonds is 7. The van der Waals surface area contributed by atoms with E-state index in [0.717, 1.165) is 22.6 Å². The van der Waals surface area contributed by atoms with Crippen LogP contribution in [-0.4, -0.2) is 36.1 Å². The molecule has 1 aromatic rings. The Kier molecular flexibility index (Phi) is 5.81. The van der Waals surface area contributed by atoms with Gasteiger partial charge in [0.05, 0.1) is 25.9 Å². The van der Waals surface area contributed by atoms with Gasteiger partial charge in [0.1, 0.15) is 11.5 Å². The van der Waals surface area contributed by atoms with Crippen LogP contribution >= 0.6 is 0 Å². The highest BCUT2D eigenvalue weighted by atomic mass is 16.5. The third kappa shape index (κ3) is 4.22. The van der Waals surface area contributed by atoms with Gasteiger partial charge in [0.25, 0.3) is 0 Å². The van der Waals surface area contributed by atoms with Gasteiger partial charge >= 0.3 is 0 Å². The molecule has 0 fully saturated rings. The molecule has 2 N–H and O–H groups in total. The fraction of sp³-hybridized carbons (Fsp3) is 0.529. The maximum absolute atomic E-state index is 10.1. The van der Waals surface area contributed by atoms with Crippen molar-refractivity contribution in [2.45, 2.75) is 44.8 Å². The lowest BCUT2D eigenvalue weighted by atomic mass is 9.86. The van der Waals surface area contributed by atoms with E-state index in [0.29, 0.717) is 6.42 Å². The van der Waals surface area contributed by atoms with E-state index in [2.05, 4.69) is 6.58 Å². The van der Waals surface area contributed by atoms with Gasteiger partial charge in [-0.05, 0) is 44.9 Å². The minimum atomic E-state index is -1.16. The van der Waals surface area contributed by atoms with Gasteiger partial charge in [0.2, 0.25) is 0 Å². The molecular formula is C17H26O4. The Morgan fingerprint density at radius 3 is 2.24 bits per heavy atom. The van der Waals surface area contributed by atoms with Crippen LogP contribution in [0.2, 0.25) is 0 Å². The average molecular weight is 294 g/mol. The van der Waals surface area contributed by atoms with E-state index in [1.165, 1.54) is 0 Å². The van der Waals surface area contributed by atoms with Gasteiger partial charge in [0, 0.05) is 11.5 Å². The van der Waals surface area contributed by atoms with Crippen molar-refractivity contribution in [3.8, 4) is 11.5 Å². The van der Waals surface area contributed by atoms with E-state index >= 15 is 0 Å². The summed E-state index contributed by atoms with van der Waals surface area (Å²) in [6.07, 6.45) is 1.24. The molecule has 0 aromatic heterocycles. The second-order valence-corrected chi connectivity index (χ2v) is 5.81. The summed E-state index contributed by atoms with van der Waals surface area (Å²) in [7, 11) is 3.23. The molecule has 0 unspecified atom stereocenters. The van der Waals surface area contributed by atoms with Crippen LogP contribution in [0.25, 0.3) is 0 Å². The first-order chi connectivity index (χ1) is 9.74. The van der Waals surface area contributed by atoms with E-state index in [1.54, 1.807) is 34.1 Å². The Morgan fingerprint density at radius 1 is 1.24 bits per heavy atom. The number of hydrogen-bond acceptors (Lipinski definition) is 4. The summed E-state index contributed by atoms with van der Waals surface area (Å²) in [5.41, 5.74) is 0.700. The van der Waals surface area contributed by atoms with Crippen molar-refractivity contribution in [3.05, 3.63) is 35.9 Å². The number of aryl methyl sites for hydroxylation is 1. The zero-order chi connectivity index (χ0) is 16.2. The fourth-order valence-electron chi connectivity index (χ4n) is 2.24. The van der Waals surface area contributed by atoms with Gasteiger partial charge in [-0.1, -0.05) is 6.08 Å². The van der Waals surface area contributed by atoms with Gasteiger partial charge in [-0.3, -0.25) is 0 Å². The van der Waals surface area contributed by atoms with Crippen LogP contribution in [0.4, 0.5) is 0 Å². The second kappa shape index (κ2) is 6.96. The van der Waals surface area contributed by atoms with Crippen molar-refractivity contribution in [2.75, 3.05) is 14.2 Å². The summed E-state index contributed by atoms with van der Waals surface area (Å²) in [4.78, 5) is 0. The molecule has 1 aromatic carbocycles. The predicted molar refractivity (Wildman–Crippen MR) is 84.1 cm³/mol. The minimum absolute atomic E-state index is 0.143. The quantitative estimate of drug-likeness (QED) is 0.759. The molecular weight excluding hydrogens is 268 g/mol. The lowest BCUT2D eigenvalue weighted by molar-refractivity contribution is -0.0527. The lowest BCUT2D eigenvalue weighted by Gasteiger charge is -2.28. The van der Waals surface area contributed by atoms with Crippen LogP contribution in [0.3, 0.4) is 0 Å². The molecule has 0 amide bonds. The van der Waals surface area contributed by atoms with E-state index in [4.69, 9.17) is 9.47 Å². The molecule has 0 aliphatic carbocycles. The normalized spacial score (nSPS) is 14.4. The Balaban J connectivity index is 3.18. The first-order valence-electron chi connectivity index (χ1n) is 7.00. The molecule has 4 heteroatoms. The second-order valence-electron chi connectivity index (χ2n) is 5.81. The number of hydrogen-bond donors (Lipinski definition) is 2. The molecule has 0 spiro atoms. The van der Waals surface area contributed by atoms with Gasteiger partial charge < -0.3 is 19.7 Å². The summed E-state index contributed by atoms with van der Waals surface area (Å²) in [6.45, 7) is 8.96. The number of benzene rings is 1. The van der Waals surface area contributed by atoms with Gasteiger partial charge in [0.15, 0.2) is 0 Å². The molecule has 0 saturated carbocycles. The van der Waals surface area contributed by atoms with Crippen LogP contribution in [0.5, 0.6) is 11.5 Å². The maximum atomic E-state index is 10.1. The van der Waals surface area contributed by atoms with Crippen LogP contribution in [0, 0.1) is 6.92 Å². The van der Waals surface area contributed by atoms with E-state index in [9.17, 15) is 10.2 Å². The molecule has 4 nitrogen and oxygen atoms in total. The molecule has 0 heterocycles. The first kappa shape index (κ1) is 17.5. The zero-order valence-corrected chi connectivity index (χ0v) is 13.5. The molecule has 21 heavy (non-hydrogen) atoms. The van der Waals surface area contributed by atoms with Crippen molar-refractivity contribution < 1.29 is 19.7 Å². The molecule has 1 rings (SSSR count). The molecule has 0 bridgehead atoms. The number of allylic oxidation sites excluding steroid dienone is 1. The summed E-state index contributed by atoms with van der Waals surface area (Å²) >= 11 is 0. The lowest BCUT2D eigenvalue weighted by Crippen LogP contribution is -2.36. The highest BCUT2D eigenvalue weighted by molar-refractivity contribution is 5.48. The van der Waals surface area contributed by atoms with E-state index in [-0.39, 0.29) is 5.92 Å². The Bertz CT molecular complexity index is 488. The SMILES string of the molecule is C=C[C@@H](C[C@H](O)C(C)(C)O)c1cc(OC)c(C)cc1OC. The average Bonchev–Trinajstić information content (AvgIpc) is 2.43. The third-order valence-corrected chi connectivity index (χ3v) is 3.72. The molecule has 2 atom stereocenters. The van der Waals surface area contributed by atoms with Crippen molar-refractivity contribution in [2.24, 2.45) is 0 Å². The molecule has 0 aliphatic heterocycles. The summed E-state index contributed by atoms with van der Waals surface area (Å²) in [6, 6.07) is 3.80. The standard InChI is InChI=1S/C17H26O4/c1-7-12(9-16(18)17(3,4)19)13-10-14(20-5)11(2)8-15(13)21-6/h7-8,10,12,16,18-19H,1,9H2,2-6H3/t12-,16-/m0/s1. The van der Waals surface area contributed by atoms with Crippen LogP contribution in [0.15, 0.2) is 24.8 Å². The zero-order valence-electron chi connectivity index (χ0n) is 13.5. The van der Waals surface area contributed by atoms with E-state index < -0.39 is 11.7 Å². The number of ether oxygens (including phenoxy) is 2. The molecule has 0 saturated heterocycles. The Morgan fingerprint density at radius 2 is 1.81 bits per heavy atom. The van der Waals surface area contributed by atoms with Gasteiger partial charge in [-0.2, -0.15) is 0 Å². The topological polar surface area (TPSA) is 58.9 Å². The summed E-state index contributed by atoms with van der Waals surface area (Å²) < 4.78 is 10.8. The predicted octanol–water partition coefficient (Wildman–Crippen LogP) is 2.80. The fourth-order valence-corrected chi connectivity index (χ4v) is 2.24. The van der Waals surface area contributed by atoms with Crippen LogP contribution in [-0.2, 0) is 0 Å². The highest BCUT2D eigenvalue weighted by Crippen LogP contribution is 2.37. The van der Waals surface area contributed by atoms with Crippen molar-refractivity contribution >= 4 is 0 Å². The van der Waals surface area contributed by atoms with Crippen molar-refractivity contribution in [1.29, 1.82) is 0 Å². The van der Waals surface area contributed by atoms with Crippen molar-refractivity contribution in [3.63, 3.8) is 0 Å². The number of methoxy groups -OCH3 is 2. The third-order valence-electron chi connectivity index (χ3n) is 3.72. The summed E-state index contributed by atoms with van der Waals surface area (Å²) in [5.74, 6) is 1.34. The summed E-state index contributed by atoms with van der Waals surface area (Å²) in [5, 5.41) is 20.0. The van der Waals surface area contributed by atoms with E-state index in [1.807, 2.05) is 19.1 Å². The smallest absolute Gasteiger partial charge is 0.123 e.